The first-order valence-electron chi connectivity index (χ1n) is 3.64. The topological polar surface area (TPSA) is 30.7 Å². The Kier molecular flexibility index (Phi) is 3.41. The number of hydrogen-bond acceptors (Lipinski definition) is 3. The summed E-state index contributed by atoms with van der Waals surface area (Å²) in [6, 6.07) is 2.07. The smallest absolute Gasteiger partial charge is 0.218 e. The predicted octanol–water partition coefficient (Wildman–Crippen LogP) is 3.68. The first-order valence-corrected chi connectivity index (χ1v) is 6.90. The van der Waals surface area contributed by atoms with Gasteiger partial charge in [-0.25, -0.2) is 4.68 Å². The van der Waals surface area contributed by atoms with Crippen LogP contribution in [0.25, 0.3) is 0 Å². The van der Waals surface area contributed by atoms with E-state index in [1.54, 1.807) is 16.0 Å². The maximum atomic E-state index is 4.19. The lowest BCUT2D eigenvalue weighted by molar-refractivity contribution is 0.664. The minimum absolute atomic E-state index is 0.593. The maximum Gasteiger partial charge on any atom is 0.218 e. The van der Waals surface area contributed by atoms with Gasteiger partial charge >= 0.3 is 0 Å². The van der Waals surface area contributed by atoms with Gasteiger partial charge in [0.15, 0.2) is 4.73 Å². The van der Waals surface area contributed by atoms with Crippen LogP contribution in [0.4, 0.5) is 0 Å². The van der Waals surface area contributed by atoms with Gasteiger partial charge < -0.3 is 0 Å². The molecule has 0 aliphatic carbocycles. The molecule has 3 nitrogen and oxygen atoms in total. The Labute approximate surface area is 110 Å². The number of hydrogen-bond donors (Lipinski definition) is 0. The van der Waals surface area contributed by atoms with Crippen molar-refractivity contribution in [2.24, 2.45) is 0 Å². The zero-order valence-electron chi connectivity index (χ0n) is 6.75. The molecule has 0 saturated heterocycles. The van der Waals surface area contributed by atoms with Gasteiger partial charge in [-0.2, -0.15) is 4.98 Å². The van der Waals surface area contributed by atoms with Crippen LogP contribution in [0.15, 0.2) is 24.7 Å². The standard InChI is InChI=1S/C7H4Br3N3S/c8-5-4(1-2-14-5)3-13-7(10)11-6(9)12-13/h1-2H,3H2. The fourth-order valence-corrected chi connectivity index (χ4v) is 3.18. The van der Waals surface area contributed by atoms with Crippen molar-refractivity contribution in [2.75, 3.05) is 0 Å². The highest BCUT2D eigenvalue weighted by Crippen LogP contribution is 2.25. The van der Waals surface area contributed by atoms with Gasteiger partial charge in [0.2, 0.25) is 4.73 Å². The van der Waals surface area contributed by atoms with Gasteiger partial charge in [0.25, 0.3) is 0 Å². The Morgan fingerprint density at radius 3 is 2.64 bits per heavy atom. The molecular formula is C7H4Br3N3S. The third kappa shape index (κ3) is 2.26. The largest absolute Gasteiger partial charge is 0.235 e. The molecule has 0 aromatic carbocycles. The second kappa shape index (κ2) is 4.42. The van der Waals surface area contributed by atoms with Crippen LogP contribution in [0.1, 0.15) is 5.56 Å². The fraction of sp³-hybridized carbons (Fsp3) is 0.143. The molecule has 74 valence electrons. The second-order valence-corrected chi connectivity index (χ2v) is 6.18. The van der Waals surface area contributed by atoms with Gasteiger partial charge in [-0.1, -0.05) is 0 Å². The molecule has 0 spiro atoms. The lowest BCUT2D eigenvalue weighted by Gasteiger charge is -1.99. The van der Waals surface area contributed by atoms with Gasteiger partial charge in [0.1, 0.15) is 0 Å². The van der Waals surface area contributed by atoms with Crippen LogP contribution in [-0.2, 0) is 6.54 Å². The van der Waals surface area contributed by atoms with Crippen LogP contribution >= 0.6 is 59.1 Å². The summed E-state index contributed by atoms with van der Waals surface area (Å²) in [5.41, 5.74) is 1.20. The fourth-order valence-electron chi connectivity index (χ4n) is 0.991. The van der Waals surface area contributed by atoms with Crippen molar-refractivity contribution in [2.45, 2.75) is 6.54 Å². The van der Waals surface area contributed by atoms with E-state index >= 15 is 0 Å². The molecule has 2 aromatic heterocycles. The maximum absolute atomic E-state index is 4.19. The second-order valence-electron chi connectivity index (χ2n) is 2.53. The Morgan fingerprint density at radius 1 is 1.36 bits per heavy atom. The number of nitrogens with zero attached hydrogens (tertiary/aromatic N) is 3. The highest BCUT2D eigenvalue weighted by atomic mass is 79.9. The summed E-state index contributed by atoms with van der Waals surface area (Å²) >= 11 is 11.7. The van der Waals surface area contributed by atoms with Crippen molar-refractivity contribution in [3.63, 3.8) is 0 Å². The van der Waals surface area contributed by atoms with Crippen LogP contribution in [0.3, 0.4) is 0 Å². The normalized spacial score (nSPS) is 10.8. The van der Waals surface area contributed by atoms with E-state index in [-0.39, 0.29) is 0 Å². The van der Waals surface area contributed by atoms with Gasteiger partial charge in [-0.3, -0.25) is 0 Å². The van der Waals surface area contributed by atoms with E-state index in [0.717, 1.165) is 8.52 Å². The highest BCUT2D eigenvalue weighted by Gasteiger charge is 2.08. The molecule has 0 amide bonds. The Balaban J connectivity index is 2.27. The van der Waals surface area contributed by atoms with Gasteiger partial charge in [-0.05, 0) is 64.8 Å². The monoisotopic (exact) mass is 399 g/mol. The van der Waals surface area contributed by atoms with Crippen LogP contribution in [0, 0.1) is 0 Å². The molecule has 0 aliphatic heterocycles. The zero-order valence-corrected chi connectivity index (χ0v) is 12.3. The summed E-state index contributed by atoms with van der Waals surface area (Å²) in [4.78, 5) is 4.09. The average molecular weight is 402 g/mol. The Bertz CT molecular complexity index is 451. The number of halogens is 3. The van der Waals surface area contributed by atoms with Gasteiger partial charge in [0, 0.05) is 0 Å². The minimum Gasteiger partial charge on any atom is -0.235 e. The van der Waals surface area contributed by atoms with E-state index in [2.05, 4.69) is 63.9 Å². The lowest BCUT2D eigenvalue weighted by atomic mass is 10.3. The molecule has 0 radical (unpaired) electrons. The van der Waals surface area contributed by atoms with E-state index in [0.29, 0.717) is 11.3 Å². The van der Waals surface area contributed by atoms with Crippen molar-refractivity contribution < 1.29 is 0 Å². The first-order chi connectivity index (χ1) is 6.66. The molecule has 0 aliphatic rings. The van der Waals surface area contributed by atoms with Crippen LogP contribution in [0.5, 0.6) is 0 Å². The molecular weight excluding hydrogens is 398 g/mol. The summed E-state index contributed by atoms with van der Waals surface area (Å²) in [6.45, 7) is 0.712. The van der Waals surface area contributed by atoms with E-state index in [4.69, 9.17) is 0 Å². The van der Waals surface area contributed by atoms with Crippen molar-refractivity contribution in [1.82, 2.24) is 14.8 Å². The molecule has 2 aromatic rings. The molecule has 0 atom stereocenters. The van der Waals surface area contributed by atoms with Crippen molar-refractivity contribution in [1.29, 1.82) is 0 Å². The van der Waals surface area contributed by atoms with E-state index in [1.165, 1.54) is 5.56 Å². The van der Waals surface area contributed by atoms with Crippen molar-refractivity contribution in [3.8, 4) is 0 Å². The quantitative estimate of drug-likeness (QED) is 0.768. The first kappa shape index (κ1) is 10.8. The molecule has 2 heterocycles. The third-order valence-electron chi connectivity index (χ3n) is 1.61. The summed E-state index contributed by atoms with van der Waals surface area (Å²) in [6.07, 6.45) is 0. The molecule has 0 saturated carbocycles. The molecule has 0 N–H and O–H groups in total. The van der Waals surface area contributed by atoms with Gasteiger partial charge in [-0.15, -0.1) is 16.4 Å². The van der Waals surface area contributed by atoms with E-state index in [1.807, 2.05) is 5.38 Å². The minimum atomic E-state index is 0.593. The molecule has 0 bridgehead atoms. The Morgan fingerprint density at radius 2 is 2.14 bits per heavy atom. The molecule has 14 heavy (non-hydrogen) atoms. The van der Waals surface area contributed by atoms with E-state index in [9.17, 15) is 0 Å². The molecule has 2 rings (SSSR count). The SMILES string of the molecule is Brc1nc(Br)n(Cc2ccsc2Br)n1. The predicted molar refractivity (Wildman–Crippen MR) is 66.5 cm³/mol. The number of aromatic nitrogens is 3. The van der Waals surface area contributed by atoms with E-state index < -0.39 is 0 Å². The van der Waals surface area contributed by atoms with Crippen LogP contribution < -0.4 is 0 Å². The highest BCUT2D eigenvalue weighted by molar-refractivity contribution is 9.11. The summed E-state index contributed by atoms with van der Waals surface area (Å²) in [5.74, 6) is 0. The van der Waals surface area contributed by atoms with Crippen LogP contribution in [-0.4, -0.2) is 14.8 Å². The van der Waals surface area contributed by atoms with Gasteiger partial charge in [0.05, 0.1) is 10.3 Å². The Hall–Kier alpha value is 0.280. The summed E-state index contributed by atoms with van der Waals surface area (Å²) < 4.78 is 4.24. The molecule has 0 unspecified atom stereocenters. The number of rotatable bonds is 2. The zero-order chi connectivity index (χ0) is 10.1. The molecule has 7 heteroatoms. The summed E-state index contributed by atoms with van der Waals surface area (Å²) in [5, 5.41) is 6.23. The van der Waals surface area contributed by atoms with Crippen molar-refractivity contribution in [3.05, 3.63) is 30.3 Å². The third-order valence-corrected chi connectivity index (χ3v) is 4.35. The van der Waals surface area contributed by atoms with Crippen LogP contribution in [0.2, 0.25) is 0 Å². The van der Waals surface area contributed by atoms with Crippen molar-refractivity contribution >= 4 is 59.1 Å². The average Bonchev–Trinajstić information content (AvgIpc) is 2.62. The summed E-state index contributed by atoms with van der Waals surface area (Å²) in [7, 11) is 0. The lowest BCUT2D eigenvalue weighted by Crippen LogP contribution is -2.01. The number of thiophene rings is 1. The molecule has 0 fully saturated rings.